The average molecular weight is 342 g/mol. The summed E-state index contributed by atoms with van der Waals surface area (Å²) in [6, 6.07) is 11.9. The molecule has 0 aliphatic rings. The zero-order chi connectivity index (χ0) is 17.3. The molecule has 122 valence electrons. The Morgan fingerprint density at radius 3 is 2.71 bits per heavy atom. The van der Waals surface area contributed by atoms with Crippen LogP contribution in [0.1, 0.15) is 24.2 Å². The minimum absolute atomic E-state index is 0.186. The fourth-order valence-corrected chi connectivity index (χ4v) is 2.93. The fourth-order valence-electron chi connectivity index (χ4n) is 2.75. The summed E-state index contributed by atoms with van der Waals surface area (Å²) in [5.74, 6) is -0.237. The topological polar surface area (TPSA) is 64.0 Å². The summed E-state index contributed by atoms with van der Waals surface area (Å²) >= 11 is 6.07. The van der Waals surface area contributed by atoms with Crippen LogP contribution in [0.5, 0.6) is 0 Å². The molecular weight excluding hydrogens is 326 g/mol. The molecule has 2 aromatic heterocycles. The zero-order valence-electron chi connectivity index (χ0n) is 13.3. The van der Waals surface area contributed by atoms with E-state index in [4.69, 9.17) is 11.6 Å². The minimum atomic E-state index is -0.620. The average Bonchev–Trinajstić information content (AvgIpc) is 2.56. The second kappa shape index (κ2) is 6.45. The van der Waals surface area contributed by atoms with Gasteiger partial charge < -0.3 is 9.88 Å². The van der Waals surface area contributed by atoms with Crippen molar-refractivity contribution < 1.29 is 4.79 Å². The van der Waals surface area contributed by atoms with Crippen LogP contribution >= 0.6 is 11.6 Å². The number of fused-ring (bicyclic) bond motifs is 1. The number of hydrogen-bond acceptors (Lipinski definition) is 3. The maximum absolute atomic E-state index is 12.8. The summed E-state index contributed by atoms with van der Waals surface area (Å²) in [6.45, 7) is 1.42. The summed E-state index contributed by atoms with van der Waals surface area (Å²) in [7, 11) is 1.70. The van der Waals surface area contributed by atoms with Crippen molar-refractivity contribution in [3.63, 3.8) is 0 Å². The molecule has 3 rings (SSSR count). The van der Waals surface area contributed by atoms with Gasteiger partial charge in [-0.05, 0) is 36.4 Å². The van der Waals surface area contributed by atoms with E-state index in [-0.39, 0.29) is 11.5 Å². The van der Waals surface area contributed by atoms with Gasteiger partial charge in [0, 0.05) is 36.1 Å². The molecule has 6 heteroatoms. The Balaban J connectivity index is 2.26. The van der Waals surface area contributed by atoms with Gasteiger partial charge in [-0.3, -0.25) is 14.6 Å². The molecule has 0 saturated carbocycles. The number of carbonyl (C=O) groups excluding carboxylic acids is 1. The van der Waals surface area contributed by atoms with Crippen molar-refractivity contribution in [2.45, 2.75) is 13.0 Å². The van der Waals surface area contributed by atoms with E-state index in [0.29, 0.717) is 16.3 Å². The van der Waals surface area contributed by atoms with Crippen molar-refractivity contribution in [3.05, 3.63) is 75.3 Å². The Kier molecular flexibility index (Phi) is 4.36. The number of hydrogen-bond donors (Lipinski definition) is 1. The van der Waals surface area contributed by atoms with Crippen LogP contribution in [0.15, 0.2) is 53.5 Å². The third kappa shape index (κ3) is 3.03. The summed E-state index contributed by atoms with van der Waals surface area (Å²) < 4.78 is 1.55. The van der Waals surface area contributed by atoms with E-state index >= 15 is 0 Å². The van der Waals surface area contributed by atoms with Gasteiger partial charge in [0.05, 0.1) is 11.2 Å². The van der Waals surface area contributed by atoms with E-state index in [1.807, 2.05) is 6.07 Å². The number of aromatic nitrogens is 2. The second-order valence-corrected chi connectivity index (χ2v) is 5.99. The largest absolute Gasteiger partial charge is 0.344 e. The van der Waals surface area contributed by atoms with Gasteiger partial charge in [-0.1, -0.05) is 17.7 Å². The highest BCUT2D eigenvalue weighted by atomic mass is 35.5. The zero-order valence-corrected chi connectivity index (χ0v) is 14.0. The van der Waals surface area contributed by atoms with Crippen molar-refractivity contribution in [3.8, 4) is 0 Å². The number of aryl methyl sites for hydroxylation is 1. The standard InChI is InChI=1S/C18H16ClN3O2/c1-11(23)21-17(15-5-3-4-8-20-15)14-10-12-9-13(19)6-7-16(12)22(2)18(14)24/h3-10,17H,1-2H3,(H,21,23). The quantitative estimate of drug-likeness (QED) is 0.796. The molecule has 3 aromatic rings. The number of nitrogens with zero attached hydrogens (tertiary/aromatic N) is 2. The first kappa shape index (κ1) is 16.2. The lowest BCUT2D eigenvalue weighted by atomic mass is 10.0. The Hall–Kier alpha value is -2.66. The number of pyridine rings is 2. The van der Waals surface area contributed by atoms with Gasteiger partial charge in [0.25, 0.3) is 5.56 Å². The highest BCUT2D eigenvalue weighted by Crippen LogP contribution is 2.23. The molecule has 0 radical (unpaired) electrons. The van der Waals surface area contributed by atoms with Gasteiger partial charge in [-0.25, -0.2) is 0 Å². The molecule has 0 bridgehead atoms. The van der Waals surface area contributed by atoms with E-state index in [2.05, 4.69) is 10.3 Å². The van der Waals surface area contributed by atoms with Crippen molar-refractivity contribution in [2.24, 2.45) is 7.05 Å². The van der Waals surface area contributed by atoms with Crippen LogP contribution in [0.3, 0.4) is 0 Å². The monoisotopic (exact) mass is 341 g/mol. The highest BCUT2D eigenvalue weighted by molar-refractivity contribution is 6.31. The van der Waals surface area contributed by atoms with Crippen LogP contribution in [0.25, 0.3) is 10.9 Å². The van der Waals surface area contributed by atoms with E-state index in [0.717, 1.165) is 10.9 Å². The maximum atomic E-state index is 12.8. The van der Waals surface area contributed by atoms with E-state index in [9.17, 15) is 9.59 Å². The smallest absolute Gasteiger partial charge is 0.256 e. The summed E-state index contributed by atoms with van der Waals surface area (Å²) in [5.41, 5.74) is 1.64. The molecule has 1 atom stereocenters. The van der Waals surface area contributed by atoms with Crippen molar-refractivity contribution >= 4 is 28.4 Å². The number of carbonyl (C=O) groups is 1. The van der Waals surface area contributed by atoms with E-state index < -0.39 is 6.04 Å². The number of halogens is 1. The SMILES string of the molecule is CC(=O)NC(c1ccccn1)c1cc2cc(Cl)ccc2n(C)c1=O. The molecule has 24 heavy (non-hydrogen) atoms. The molecule has 0 fully saturated rings. The van der Waals surface area contributed by atoms with Gasteiger partial charge in [0.1, 0.15) is 6.04 Å². The Morgan fingerprint density at radius 1 is 1.25 bits per heavy atom. The number of nitrogens with one attached hydrogen (secondary N) is 1. The molecular formula is C18H16ClN3O2. The molecule has 1 N–H and O–H groups in total. The molecule has 0 aliphatic carbocycles. The Labute approximate surface area is 143 Å². The minimum Gasteiger partial charge on any atom is -0.344 e. The normalized spacial score (nSPS) is 12.1. The van der Waals surface area contributed by atoms with Gasteiger partial charge in [-0.15, -0.1) is 0 Å². The van der Waals surface area contributed by atoms with Crippen LogP contribution < -0.4 is 10.9 Å². The molecule has 0 aliphatic heterocycles. The first-order valence-corrected chi connectivity index (χ1v) is 7.82. The summed E-state index contributed by atoms with van der Waals surface area (Å²) in [4.78, 5) is 28.7. The van der Waals surface area contributed by atoms with Crippen molar-refractivity contribution in [1.82, 2.24) is 14.9 Å². The number of rotatable bonds is 3. The Bertz CT molecular complexity index is 967. The highest BCUT2D eigenvalue weighted by Gasteiger charge is 2.21. The van der Waals surface area contributed by atoms with Crippen LogP contribution in [-0.2, 0) is 11.8 Å². The molecule has 1 amide bonds. The van der Waals surface area contributed by atoms with Crippen molar-refractivity contribution in [1.29, 1.82) is 0 Å². The number of amides is 1. The molecule has 5 nitrogen and oxygen atoms in total. The summed E-state index contributed by atoms with van der Waals surface area (Å²) in [6.07, 6.45) is 1.63. The van der Waals surface area contributed by atoms with Gasteiger partial charge >= 0.3 is 0 Å². The van der Waals surface area contributed by atoms with Crippen LogP contribution in [0.4, 0.5) is 0 Å². The first-order chi connectivity index (χ1) is 11.5. The third-order valence-electron chi connectivity index (χ3n) is 3.86. The van der Waals surface area contributed by atoms with Crippen LogP contribution in [-0.4, -0.2) is 15.5 Å². The van der Waals surface area contributed by atoms with Gasteiger partial charge in [0.15, 0.2) is 0 Å². The predicted molar refractivity (Wildman–Crippen MR) is 94.1 cm³/mol. The predicted octanol–water partition coefficient (Wildman–Crippen LogP) is 2.81. The lowest BCUT2D eigenvalue weighted by Crippen LogP contribution is -2.34. The molecule has 0 spiro atoms. The van der Waals surface area contributed by atoms with Gasteiger partial charge in [0.2, 0.25) is 5.91 Å². The van der Waals surface area contributed by atoms with Crippen LogP contribution in [0, 0.1) is 0 Å². The molecule has 2 heterocycles. The fraction of sp³-hybridized carbons (Fsp3) is 0.167. The molecule has 1 aromatic carbocycles. The maximum Gasteiger partial charge on any atom is 0.256 e. The van der Waals surface area contributed by atoms with Crippen molar-refractivity contribution in [2.75, 3.05) is 0 Å². The molecule has 0 saturated heterocycles. The number of benzene rings is 1. The Morgan fingerprint density at radius 2 is 2.04 bits per heavy atom. The molecule has 1 unspecified atom stereocenters. The second-order valence-electron chi connectivity index (χ2n) is 5.56. The van der Waals surface area contributed by atoms with E-state index in [1.54, 1.807) is 54.2 Å². The lowest BCUT2D eigenvalue weighted by Gasteiger charge is -2.19. The third-order valence-corrected chi connectivity index (χ3v) is 4.09. The first-order valence-electron chi connectivity index (χ1n) is 7.44. The van der Waals surface area contributed by atoms with Gasteiger partial charge in [-0.2, -0.15) is 0 Å². The lowest BCUT2D eigenvalue weighted by molar-refractivity contribution is -0.119. The summed E-state index contributed by atoms with van der Waals surface area (Å²) in [5, 5.41) is 4.22. The van der Waals surface area contributed by atoms with E-state index in [1.165, 1.54) is 6.92 Å². The van der Waals surface area contributed by atoms with Crippen LogP contribution in [0.2, 0.25) is 5.02 Å².